The molecule has 0 radical (unpaired) electrons. The molecule has 56 heavy (non-hydrogen) atoms. The van der Waals surface area contributed by atoms with E-state index in [0.717, 1.165) is 48.5 Å². The quantitative estimate of drug-likeness (QED) is 0.150. The van der Waals surface area contributed by atoms with Gasteiger partial charge in [-0.05, 0) is 79.2 Å². The van der Waals surface area contributed by atoms with Gasteiger partial charge in [-0.25, -0.2) is 0 Å². The molecular formula is C40H45F3N5O7S-. The number of hydroxylamine groups is 1. The van der Waals surface area contributed by atoms with Crippen molar-refractivity contribution in [1.29, 1.82) is 0 Å². The van der Waals surface area contributed by atoms with Crippen LogP contribution in [0.4, 0.5) is 13.2 Å². The number of hydrogen-bond donors (Lipinski definition) is 5. The van der Waals surface area contributed by atoms with E-state index < -0.39 is 65.5 Å². The monoisotopic (exact) mass is 796 g/mol. The first-order valence-corrected chi connectivity index (χ1v) is 19.7. The van der Waals surface area contributed by atoms with Gasteiger partial charge in [-0.3, -0.25) is 33.5 Å². The molecule has 7 unspecified atom stereocenters. The van der Waals surface area contributed by atoms with Gasteiger partial charge in [0.05, 0.1) is 18.0 Å². The zero-order valence-corrected chi connectivity index (χ0v) is 31.5. The van der Waals surface area contributed by atoms with E-state index in [1.165, 1.54) is 29.0 Å². The lowest BCUT2D eigenvalue weighted by molar-refractivity contribution is -0.138. The molecule has 300 valence electrons. The molecule has 3 amide bonds. The Kier molecular flexibility index (Phi) is 13.3. The number of alkyl halides is 3. The molecule has 1 aliphatic heterocycles. The van der Waals surface area contributed by atoms with Crippen LogP contribution in [0.15, 0.2) is 101 Å². The summed E-state index contributed by atoms with van der Waals surface area (Å²) < 4.78 is 64.4. The van der Waals surface area contributed by atoms with Crippen molar-refractivity contribution in [2.45, 2.75) is 76.5 Å². The predicted molar refractivity (Wildman–Crippen MR) is 201 cm³/mol. The number of phenols is 1. The van der Waals surface area contributed by atoms with Gasteiger partial charge in [-0.1, -0.05) is 79.3 Å². The maximum Gasteiger partial charge on any atom is 0.416 e. The Morgan fingerprint density at radius 1 is 1.00 bits per heavy atom. The largest absolute Gasteiger partial charge is 0.755 e. The van der Waals surface area contributed by atoms with E-state index in [1.54, 1.807) is 10.8 Å². The number of allylic oxidation sites excluding steroid dienone is 5. The van der Waals surface area contributed by atoms with Gasteiger partial charge >= 0.3 is 6.18 Å². The maximum absolute atomic E-state index is 13.7. The molecule has 1 fully saturated rings. The van der Waals surface area contributed by atoms with E-state index in [-0.39, 0.29) is 42.4 Å². The van der Waals surface area contributed by atoms with Crippen LogP contribution in [0, 0.1) is 17.8 Å². The molecule has 0 bridgehead atoms. The number of hydrogen-bond acceptors (Lipinski definition) is 9. The number of halogens is 3. The molecule has 4 aliphatic carbocycles. The Hall–Kier alpha value is -4.61. The van der Waals surface area contributed by atoms with Gasteiger partial charge < -0.3 is 19.9 Å². The lowest BCUT2D eigenvalue weighted by atomic mass is 9.81. The first-order chi connectivity index (χ1) is 26.7. The highest BCUT2D eigenvalue weighted by atomic mass is 32.2. The van der Waals surface area contributed by atoms with Gasteiger partial charge in [-0.2, -0.15) is 18.7 Å². The van der Waals surface area contributed by atoms with Crippen molar-refractivity contribution in [2.24, 2.45) is 17.8 Å². The van der Waals surface area contributed by atoms with Crippen LogP contribution in [0.25, 0.3) is 0 Å². The van der Waals surface area contributed by atoms with Crippen LogP contribution in [-0.2, 0) is 43.1 Å². The number of nitrogens with one attached hydrogen (secondary N) is 4. The smallest absolute Gasteiger partial charge is 0.416 e. The average Bonchev–Trinajstić information content (AvgIpc) is 3.66. The number of aromatic hydroxyl groups is 1. The number of carbonyl (C=O) groups is 3. The zero-order valence-electron chi connectivity index (χ0n) is 30.7. The average molecular weight is 797 g/mol. The summed E-state index contributed by atoms with van der Waals surface area (Å²) in [5.41, 5.74) is 5.36. The third-order valence-electron chi connectivity index (χ3n) is 10.5. The van der Waals surface area contributed by atoms with Gasteiger partial charge in [0.25, 0.3) is 5.91 Å². The van der Waals surface area contributed by atoms with Crippen molar-refractivity contribution in [3.8, 4) is 5.75 Å². The summed E-state index contributed by atoms with van der Waals surface area (Å²) in [5.74, 6) is -1.73. The summed E-state index contributed by atoms with van der Waals surface area (Å²) in [7, 11) is 0. The molecule has 12 nitrogen and oxygen atoms in total. The highest BCUT2D eigenvalue weighted by Gasteiger charge is 2.35. The Morgan fingerprint density at radius 2 is 1.79 bits per heavy atom. The SMILES string of the molecule is CC1CC=C(C2C=CC(C3NC(C4=CCC(CN(CC(=O)NS(=O)[O-])C(=O)C5=CCC(NC(=O)Cc6ccc(O)cc6C(F)(F)F)C=C5)C=C4)NO3)=CC2)CC1. The Bertz CT molecular complexity index is 1940. The second kappa shape index (κ2) is 18.1. The number of phenolic OH excluding ortho intramolecular Hbond substituents is 1. The minimum absolute atomic E-state index is 0.0936. The third-order valence-corrected chi connectivity index (χ3v) is 10.9. The summed E-state index contributed by atoms with van der Waals surface area (Å²) in [5, 5.41) is 15.6. The summed E-state index contributed by atoms with van der Waals surface area (Å²) in [6.45, 7) is 1.85. The number of rotatable bonds is 12. The molecule has 1 aromatic rings. The second-order valence-electron chi connectivity index (χ2n) is 14.7. The molecule has 16 heteroatoms. The number of benzene rings is 1. The molecular weight excluding hydrogens is 752 g/mol. The highest BCUT2D eigenvalue weighted by molar-refractivity contribution is 7.77. The fraction of sp³-hybridized carbons (Fsp3) is 0.425. The molecule has 0 saturated carbocycles. The lowest BCUT2D eigenvalue weighted by Gasteiger charge is -2.29. The fourth-order valence-electron chi connectivity index (χ4n) is 7.43. The Morgan fingerprint density at radius 3 is 2.43 bits per heavy atom. The van der Waals surface area contributed by atoms with Crippen LogP contribution in [-0.4, -0.2) is 68.0 Å². The van der Waals surface area contributed by atoms with Crippen molar-refractivity contribution in [2.75, 3.05) is 13.1 Å². The van der Waals surface area contributed by atoms with Crippen LogP contribution in [0.1, 0.15) is 56.6 Å². The van der Waals surface area contributed by atoms with Crippen molar-refractivity contribution >= 4 is 29.0 Å². The highest BCUT2D eigenvalue weighted by Crippen LogP contribution is 2.35. The van der Waals surface area contributed by atoms with Gasteiger partial charge in [-0.15, -0.1) is 0 Å². The predicted octanol–water partition coefficient (Wildman–Crippen LogP) is 4.59. The second-order valence-corrected chi connectivity index (χ2v) is 15.4. The maximum atomic E-state index is 13.7. The van der Waals surface area contributed by atoms with Crippen molar-refractivity contribution in [3.63, 3.8) is 0 Å². The van der Waals surface area contributed by atoms with E-state index >= 15 is 0 Å². The molecule has 1 aromatic carbocycles. The summed E-state index contributed by atoms with van der Waals surface area (Å²) in [6, 6.07) is 2.06. The third kappa shape index (κ3) is 10.8. The molecule has 0 aromatic heterocycles. The summed E-state index contributed by atoms with van der Waals surface area (Å²) in [6.07, 6.45) is 18.5. The van der Waals surface area contributed by atoms with Crippen LogP contribution >= 0.6 is 0 Å². The minimum Gasteiger partial charge on any atom is -0.755 e. The van der Waals surface area contributed by atoms with Gasteiger partial charge in [0, 0.05) is 29.3 Å². The van der Waals surface area contributed by atoms with E-state index in [2.05, 4.69) is 47.3 Å². The van der Waals surface area contributed by atoms with Gasteiger partial charge in [0.1, 0.15) is 18.5 Å². The number of nitrogens with zero attached hydrogens (tertiary/aromatic N) is 1. The van der Waals surface area contributed by atoms with Crippen LogP contribution in [0.3, 0.4) is 0 Å². The Labute approximate surface area is 325 Å². The zero-order chi connectivity index (χ0) is 40.0. The van der Waals surface area contributed by atoms with Crippen molar-refractivity contribution < 1.29 is 46.3 Å². The lowest BCUT2D eigenvalue weighted by Crippen LogP contribution is -2.44. The van der Waals surface area contributed by atoms with Gasteiger partial charge in [0.15, 0.2) is 6.23 Å². The molecule has 1 saturated heterocycles. The van der Waals surface area contributed by atoms with E-state index in [9.17, 15) is 41.4 Å². The first-order valence-electron chi connectivity index (χ1n) is 18.6. The number of carbonyl (C=O) groups excluding carboxylic acids is 3. The topological polar surface area (TPSA) is 172 Å². The van der Waals surface area contributed by atoms with Crippen LogP contribution in [0.2, 0.25) is 0 Å². The molecule has 5 N–H and O–H groups in total. The summed E-state index contributed by atoms with van der Waals surface area (Å²) in [4.78, 5) is 46.0. The number of amides is 3. The van der Waals surface area contributed by atoms with Crippen LogP contribution < -0.4 is 20.8 Å². The van der Waals surface area contributed by atoms with Crippen molar-refractivity contribution in [1.82, 2.24) is 25.7 Å². The fourth-order valence-corrected chi connectivity index (χ4v) is 7.68. The van der Waals surface area contributed by atoms with E-state index in [4.69, 9.17) is 4.84 Å². The Balaban J connectivity index is 1.02. The van der Waals surface area contributed by atoms with Crippen LogP contribution in [0.5, 0.6) is 5.75 Å². The molecule has 1 heterocycles. The first kappa shape index (κ1) is 41.0. The molecule has 6 rings (SSSR count). The van der Waals surface area contributed by atoms with E-state index in [0.29, 0.717) is 18.4 Å². The molecule has 5 aliphatic rings. The van der Waals surface area contributed by atoms with Gasteiger partial charge in [0.2, 0.25) is 11.8 Å². The minimum atomic E-state index is -4.77. The normalized spacial score (nSPS) is 26.7. The van der Waals surface area contributed by atoms with Crippen molar-refractivity contribution in [3.05, 3.63) is 112 Å². The summed E-state index contributed by atoms with van der Waals surface area (Å²) >= 11 is -2.88. The molecule has 7 atom stereocenters. The standard InChI is InChI=1S/C40H46F3N5O7S/c1-24-2-6-26(7-3-24)27-10-12-29(13-11-27)38-45-37(46-55-38)28-8-4-25(5-9-28)22-48(23-36(51)47-56(53)54)39(52)30-14-17-32(18-15-30)44-35(50)20-31-16-19-33(49)21-34(31)40(41,42)43/h4,6,8-10,12-17,19,21,24-25,27,32,37-38,45-46,49H,2-3,5,7,11,18,20,22-23H2,1H3,(H,44,50)(H,47,51)(H,53,54)/p-1. The molecule has 0 spiro atoms. The van der Waals surface area contributed by atoms with E-state index in [1.807, 2.05) is 18.2 Å².